The minimum absolute atomic E-state index is 1.16. The molecule has 1 aliphatic rings. The Hall–Kier alpha value is -0.860. The van der Waals surface area contributed by atoms with Crippen molar-refractivity contribution < 1.29 is 0 Å². The molecular weight excluding hydrogens is 208 g/mol. The van der Waals surface area contributed by atoms with Crippen LogP contribution in [0.4, 0.5) is 0 Å². The molecule has 0 aliphatic carbocycles. The first kappa shape index (κ1) is 12.6. The first-order valence-corrected chi connectivity index (χ1v) is 6.83. The Balaban J connectivity index is 1.69. The minimum Gasteiger partial charge on any atom is -0.315 e. The van der Waals surface area contributed by atoms with E-state index in [0.29, 0.717) is 0 Å². The van der Waals surface area contributed by atoms with E-state index in [4.69, 9.17) is 0 Å². The van der Waals surface area contributed by atoms with E-state index in [1.165, 1.54) is 56.6 Å². The maximum absolute atomic E-state index is 3.45. The Morgan fingerprint density at radius 2 is 1.94 bits per heavy atom. The van der Waals surface area contributed by atoms with Crippen LogP contribution in [-0.2, 0) is 6.42 Å². The van der Waals surface area contributed by atoms with E-state index >= 15 is 0 Å². The van der Waals surface area contributed by atoms with Crippen LogP contribution in [0.5, 0.6) is 0 Å². The van der Waals surface area contributed by atoms with Crippen molar-refractivity contribution in [2.24, 2.45) is 0 Å². The lowest BCUT2D eigenvalue weighted by atomic mass is 10.1. The monoisotopic (exact) mass is 232 g/mol. The number of aryl methyl sites for hydroxylation is 2. The summed E-state index contributed by atoms with van der Waals surface area (Å²) in [6, 6.07) is 8.95. The topological polar surface area (TPSA) is 15.3 Å². The smallest absolute Gasteiger partial charge is 0.0107 e. The highest BCUT2D eigenvalue weighted by atomic mass is 15.1. The minimum atomic E-state index is 1.16. The van der Waals surface area contributed by atoms with Crippen molar-refractivity contribution >= 4 is 0 Å². The van der Waals surface area contributed by atoms with Gasteiger partial charge in [-0.3, -0.25) is 0 Å². The number of benzene rings is 1. The third kappa shape index (κ3) is 4.49. The van der Waals surface area contributed by atoms with Crippen molar-refractivity contribution in [3.63, 3.8) is 0 Å². The van der Waals surface area contributed by atoms with Crippen LogP contribution in [-0.4, -0.2) is 37.6 Å². The van der Waals surface area contributed by atoms with Crippen molar-refractivity contribution in [1.82, 2.24) is 10.2 Å². The average Bonchev–Trinajstić information content (AvgIpc) is 2.60. The molecule has 0 amide bonds. The summed E-state index contributed by atoms with van der Waals surface area (Å²) in [6.07, 6.45) is 3.79. The second-order valence-corrected chi connectivity index (χ2v) is 5.03. The predicted molar refractivity (Wildman–Crippen MR) is 73.4 cm³/mol. The van der Waals surface area contributed by atoms with Gasteiger partial charge in [-0.25, -0.2) is 0 Å². The van der Waals surface area contributed by atoms with Crippen molar-refractivity contribution in [2.45, 2.75) is 26.2 Å². The normalized spacial score (nSPS) is 17.9. The van der Waals surface area contributed by atoms with Crippen molar-refractivity contribution in [3.05, 3.63) is 35.4 Å². The molecule has 1 aromatic rings. The van der Waals surface area contributed by atoms with Gasteiger partial charge >= 0.3 is 0 Å². The molecule has 0 aromatic heterocycles. The van der Waals surface area contributed by atoms with Gasteiger partial charge in [0.05, 0.1) is 0 Å². The first-order chi connectivity index (χ1) is 8.34. The molecule has 0 radical (unpaired) electrons. The van der Waals surface area contributed by atoms with Gasteiger partial charge in [-0.05, 0) is 51.4 Å². The highest BCUT2D eigenvalue weighted by molar-refractivity contribution is 5.21. The summed E-state index contributed by atoms with van der Waals surface area (Å²) >= 11 is 0. The zero-order valence-electron chi connectivity index (χ0n) is 10.9. The number of hydrogen-bond donors (Lipinski definition) is 1. The Morgan fingerprint density at radius 1 is 1.12 bits per heavy atom. The van der Waals surface area contributed by atoms with E-state index in [0.717, 1.165) is 6.54 Å². The predicted octanol–water partition coefficient (Wildman–Crippen LogP) is 2.22. The molecule has 2 heteroatoms. The molecule has 1 heterocycles. The molecule has 1 aromatic carbocycles. The summed E-state index contributed by atoms with van der Waals surface area (Å²) < 4.78 is 0. The van der Waals surface area contributed by atoms with Crippen molar-refractivity contribution in [2.75, 3.05) is 32.7 Å². The fourth-order valence-electron chi connectivity index (χ4n) is 2.39. The zero-order valence-corrected chi connectivity index (χ0v) is 10.9. The lowest BCUT2D eigenvalue weighted by Crippen LogP contribution is -2.29. The third-order valence-electron chi connectivity index (χ3n) is 3.49. The van der Waals surface area contributed by atoms with E-state index < -0.39 is 0 Å². The summed E-state index contributed by atoms with van der Waals surface area (Å²) in [5.41, 5.74) is 2.83. The van der Waals surface area contributed by atoms with E-state index in [9.17, 15) is 0 Å². The van der Waals surface area contributed by atoms with E-state index in [-0.39, 0.29) is 0 Å². The zero-order chi connectivity index (χ0) is 11.9. The molecule has 0 atom stereocenters. The summed E-state index contributed by atoms with van der Waals surface area (Å²) in [5.74, 6) is 0. The van der Waals surface area contributed by atoms with Gasteiger partial charge in [-0.1, -0.05) is 29.8 Å². The summed E-state index contributed by atoms with van der Waals surface area (Å²) in [5, 5.41) is 3.45. The van der Waals surface area contributed by atoms with Crippen LogP contribution < -0.4 is 5.32 Å². The first-order valence-electron chi connectivity index (χ1n) is 6.83. The maximum Gasteiger partial charge on any atom is 0.0107 e. The Bertz CT molecular complexity index is 310. The van der Waals surface area contributed by atoms with Gasteiger partial charge in [0.15, 0.2) is 0 Å². The van der Waals surface area contributed by atoms with Crippen LogP contribution in [0.15, 0.2) is 24.3 Å². The second kappa shape index (κ2) is 6.77. The van der Waals surface area contributed by atoms with Gasteiger partial charge in [0.2, 0.25) is 0 Å². The highest BCUT2D eigenvalue weighted by Gasteiger charge is 2.07. The molecule has 1 fully saturated rings. The number of nitrogens with one attached hydrogen (secondary N) is 1. The van der Waals surface area contributed by atoms with Gasteiger partial charge < -0.3 is 10.2 Å². The van der Waals surface area contributed by atoms with E-state index in [1.807, 2.05) is 0 Å². The van der Waals surface area contributed by atoms with Crippen molar-refractivity contribution in [3.8, 4) is 0 Å². The molecule has 17 heavy (non-hydrogen) atoms. The van der Waals surface area contributed by atoms with Gasteiger partial charge in [-0.2, -0.15) is 0 Å². The molecule has 1 saturated heterocycles. The summed E-state index contributed by atoms with van der Waals surface area (Å²) in [4.78, 5) is 2.59. The lowest BCUT2D eigenvalue weighted by Gasteiger charge is -2.19. The lowest BCUT2D eigenvalue weighted by molar-refractivity contribution is 0.289. The van der Waals surface area contributed by atoms with Gasteiger partial charge in [0.1, 0.15) is 0 Å². The van der Waals surface area contributed by atoms with Crippen LogP contribution in [0.3, 0.4) is 0 Å². The Morgan fingerprint density at radius 3 is 2.76 bits per heavy atom. The molecule has 1 N–H and O–H groups in total. The van der Waals surface area contributed by atoms with E-state index in [2.05, 4.69) is 41.4 Å². The maximum atomic E-state index is 3.45. The summed E-state index contributed by atoms with van der Waals surface area (Å²) in [7, 11) is 0. The van der Waals surface area contributed by atoms with Crippen LogP contribution in [0.25, 0.3) is 0 Å². The number of rotatable bonds is 4. The molecule has 0 saturated carbocycles. The fourth-order valence-corrected chi connectivity index (χ4v) is 2.39. The Labute approximate surface area is 105 Å². The molecule has 0 bridgehead atoms. The van der Waals surface area contributed by atoms with Gasteiger partial charge in [0.25, 0.3) is 0 Å². The van der Waals surface area contributed by atoms with Crippen LogP contribution in [0, 0.1) is 6.92 Å². The largest absolute Gasteiger partial charge is 0.315 e. The molecule has 2 nitrogen and oxygen atoms in total. The van der Waals surface area contributed by atoms with Gasteiger partial charge in [0, 0.05) is 13.1 Å². The molecule has 0 unspecified atom stereocenters. The molecule has 2 rings (SSSR count). The molecular formula is C15H24N2. The highest BCUT2D eigenvalue weighted by Crippen LogP contribution is 2.07. The molecule has 94 valence electrons. The number of nitrogens with zero attached hydrogens (tertiary/aromatic N) is 1. The SMILES string of the molecule is Cc1ccc(CCCN2CCCNCC2)cc1. The van der Waals surface area contributed by atoms with Crippen LogP contribution >= 0.6 is 0 Å². The Kier molecular flexibility index (Phi) is 5.02. The second-order valence-electron chi connectivity index (χ2n) is 5.03. The van der Waals surface area contributed by atoms with Gasteiger partial charge in [-0.15, -0.1) is 0 Å². The van der Waals surface area contributed by atoms with Crippen LogP contribution in [0.2, 0.25) is 0 Å². The standard InChI is InChI=1S/C15H24N2/c1-14-5-7-15(8-6-14)4-2-11-17-12-3-9-16-10-13-17/h5-8,16H,2-4,9-13H2,1H3. The fraction of sp³-hybridized carbons (Fsp3) is 0.600. The quantitative estimate of drug-likeness (QED) is 0.856. The molecule has 1 aliphatic heterocycles. The average molecular weight is 232 g/mol. The van der Waals surface area contributed by atoms with Crippen molar-refractivity contribution in [1.29, 1.82) is 0 Å². The number of hydrogen-bond acceptors (Lipinski definition) is 2. The summed E-state index contributed by atoms with van der Waals surface area (Å²) in [6.45, 7) is 8.22. The van der Waals surface area contributed by atoms with E-state index in [1.54, 1.807) is 0 Å². The van der Waals surface area contributed by atoms with Crippen LogP contribution in [0.1, 0.15) is 24.0 Å². The molecule has 0 spiro atoms. The third-order valence-corrected chi connectivity index (χ3v) is 3.49.